The molecule has 0 unspecified atom stereocenters. The first-order chi connectivity index (χ1) is 11.2. The molecule has 0 amide bonds. The number of ether oxygens (including phenoxy) is 1. The highest BCUT2D eigenvalue weighted by Gasteiger charge is 2.32. The average Bonchev–Trinajstić information content (AvgIpc) is 3.23. The van der Waals surface area contributed by atoms with Crippen LogP contribution >= 0.6 is 0 Å². The monoisotopic (exact) mass is 313 g/mol. The van der Waals surface area contributed by atoms with E-state index in [0.29, 0.717) is 5.92 Å². The quantitative estimate of drug-likeness (QED) is 0.761. The number of nitrogens with zero attached hydrogens (tertiary/aromatic N) is 5. The lowest BCUT2D eigenvalue weighted by atomic mass is 10.0. The van der Waals surface area contributed by atoms with E-state index in [-0.39, 0.29) is 6.10 Å². The van der Waals surface area contributed by atoms with E-state index in [4.69, 9.17) is 4.74 Å². The summed E-state index contributed by atoms with van der Waals surface area (Å²) in [7, 11) is 0. The van der Waals surface area contributed by atoms with Crippen LogP contribution in [0.5, 0.6) is 0 Å². The first-order valence-electron chi connectivity index (χ1n) is 7.76. The molecule has 3 aromatic rings. The van der Waals surface area contributed by atoms with Crippen LogP contribution in [-0.2, 0) is 4.74 Å². The average molecular weight is 313 g/mol. The van der Waals surface area contributed by atoms with Crippen LogP contribution in [-0.4, -0.2) is 42.9 Å². The van der Waals surface area contributed by atoms with E-state index >= 15 is 0 Å². The van der Waals surface area contributed by atoms with E-state index < -0.39 is 0 Å². The second-order valence-corrected chi connectivity index (χ2v) is 5.89. The van der Waals surface area contributed by atoms with Crippen molar-refractivity contribution in [2.75, 3.05) is 18.5 Å². The molecule has 4 rings (SSSR count). The van der Waals surface area contributed by atoms with Gasteiger partial charge in [0.05, 0.1) is 5.69 Å². The topological polar surface area (TPSA) is 93.0 Å². The van der Waals surface area contributed by atoms with Gasteiger partial charge in [0.2, 0.25) is 0 Å². The molecule has 0 spiro atoms. The van der Waals surface area contributed by atoms with Crippen LogP contribution < -0.4 is 5.32 Å². The number of aryl methyl sites for hydroxylation is 2. The molecule has 0 radical (unpaired) electrons. The summed E-state index contributed by atoms with van der Waals surface area (Å²) in [5, 5.41) is 15.0. The molecule has 2 atom stereocenters. The summed E-state index contributed by atoms with van der Waals surface area (Å²) in [4.78, 5) is 8.83. The molecule has 1 saturated heterocycles. The second-order valence-electron chi connectivity index (χ2n) is 5.89. The van der Waals surface area contributed by atoms with Crippen LogP contribution in [0.4, 0.5) is 5.82 Å². The third-order valence-electron chi connectivity index (χ3n) is 4.13. The predicted octanol–water partition coefficient (Wildman–Crippen LogP) is 1.65. The second kappa shape index (κ2) is 5.62. The standard InChI is InChI=1S/C15H19N7O/c1-9-7-12-14(16-4-5-22(12)21-9)17-8-11-3-6-23-13(11)15-18-10(2)19-20-15/h4-5,7,11,13H,3,6,8H2,1-2H3,(H,16,17)(H,18,19,20)/t11-,13-/m0/s1. The van der Waals surface area contributed by atoms with Crippen molar-refractivity contribution < 1.29 is 4.74 Å². The van der Waals surface area contributed by atoms with E-state index in [9.17, 15) is 0 Å². The number of aromatic nitrogens is 6. The molecule has 0 bridgehead atoms. The predicted molar refractivity (Wildman–Crippen MR) is 84.1 cm³/mol. The Morgan fingerprint density at radius 2 is 2.35 bits per heavy atom. The minimum atomic E-state index is -0.0705. The van der Waals surface area contributed by atoms with Gasteiger partial charge in [0.15, 0.2) is 11.6 Å². The summed E-state index contributed by atoms with van der Waals surface area (Å²) >= 11 is 0. The molecule has 1 aliphatic heterocycles. The van der Waals surface area contributed by atoms with Crippen molar-refractivity contribution in [3.63, 3.8) is 0 Å². The Hall–Kier alpha value is -2.48. The van der Waals surface area contributed by atoms with Crippen molar-refractivity contribution in [2.24, 2.45) is 5.92 Å². The van der Waals surface area contributed by atoms with Crippen molar-refractivity contribution in [2.45, 2.75) is 26.4 Å². The fourth-order valence-electron chi connectivity index (χ4n) is 3.02. The Bertz CT molecular complexity index is 824. The van der Waals surface area contributed by atoms with Crippen LogP contribution in [0.15, 0.2) is 18.5 Å². The Balaban J connectivity index is 1.51. The number of fused-ring (bicyclic) bond motifs is 1. The molecule has 2 N–H and O–H groups in total. The fourth-order valence-corrected chi connectivity index (χ4v) is 3.02. The van der Waals surface area contributed by atoms with Crippen molar-refractivity contribution in [1.82, 2.24) is 29.8 Å². The van der Waals surface area contributed by atoms with E-state index in [1.807, 2.05) is 30.6 Å². The molecule has 0 saturated carbocycles. The number of anilines is 1. The van der Waals surface area contributed by atoms with E-state index in [1.165, 1.54) is 0 Å². The normalized spacial score (nSPS) is 21.1. The molecule has 8 nitrogen and oxygen atoms in total. The van der Waals surface area contributed by atoms with Crippen LogP contribution in [0.25, 0.3) is 5.52 Å². The molecule has 1 fully saturated rings. The lowest BCUT2D eigenvalue weighted by Crippen LogP contribution is -2.19. The number of hydrogen-bond acceptors (Lipinski definition) is 6. The highest BCUT2D eigenvalue weighted by atomic mass is 16.5. The molecular formula is C15H19N7O. The molecule has 3 aromatic heterocycles. The highest BCUT2D eigenvalue weighted by molar-refractivity contribution is 5.67. The third kappa shape index (κ3) is 2.65. The molecule has 8 heteroatoms. The van der Waals surface area contributed by atoms with E-state index in [2.05, 4.69) is 30.6 Å². The van der Waals surface area contributed by atoms with Gasteiger partial charge in [-0.3, -0.25) is 5.10 Å². The summed E-state index contributed by atoms with van der Waals surface area (Å²) in [5.41, 5.74) is 1.95. The van der Waals surface area contributed by atoms with Crippen LogP contribution in [0.1, 0.15) is 29.9 Å². The Morgan fingerprint density at radius 3 is 3.17 bits per heavy atom. The zero-order valence-electron chi connectivity index (χ0n) is 13.2. The van der Waals surface area contributed by atoms with Gasteiger partial charge in [0.1, 0.15) is 17.4 Å². The Kier molecular flexibility index (Phi) is 3.45. The van der Waals surface area contributed by atoms with Crippen LogP contribution in [0, 0.1) is 19.8 Å². The van der Waals surface area contributed by atoms with Crippen LogP contribution in [0.3, 0.4) is 0 Å². The van der Waals surface area contributed by atoms with Gasteiger partial charge >= 0.3 is 0 Å². The summed E-state index contributed by atoms with van der Waals surface area (Å²) in [6.45, 7) is 5.36. The molecule has 0 aromatic carbocycles. The van der Waals surface area contributed by atoms with Crippen molar-refractivity contribution in [3.05, 3.63) is 35.8 Å². The van der Waals surface area contributed by atoms with Crippen molar-refractivity contribution >= 4 is 11.3 Å². The van der Waals surface area contributed by atoms with Gasteiger partial charge in [0, 0.05) is 31.5 Å². The maximum Gasteiger partial charge on any atom is 0.179 e. The third-order valence-corrected chi connectivity index (χ3v) is 4.13. The lowest BCUT2D eigenvalue weighted by Gasteiger charge is -2.16. The maximum absolute atomic E-state index is 5.82. The van der Waals surface area contributed by atoms with Gasteiger partial charge in [-0.1, -0.05) is 0 Å². The minimum absolute atomic E-state index is 0.0705. The number of rotatable bonds is 4. The van der Waals surface area contributed by atoms with E-state index in [1.54, 1.807) is 6.20 Å². The smallest absolute Gasteiger partial charge is 0.179 e. The van der Waals surface area contributed by atoms with Crippen molar-refractivity contribution in [3.8, 4) is 0 Å². The number of hydrogen-bond donors (Lipinski definition) is 2. The molecule has 23 heavy (non-hydrogen) atoms. The SMILES string of the molecule is Cc1cc2c(NC[C@@H]3CCO[C@@H]3c3n[nH]c(C)n3)nccn2n1. The van der Waals surface area contributed by atoms with E-state index in [0.717, 1.165) is 48.2 Å². The summed E-state index contributed by atoms with van der Waals surface area (Å²) < 4.78 is 7.66. The Morgan fingerprint density at radius 1 is 1.43 bits per heavy atom. The molecule has 1 aliphatic rings. The Labute approximate surface area is 133 Å². The summed E-state index contributed by atoms with van der Waals surface area (Å²) in [5.74, 6) is 2.70. The summed E-state index contributed by atoms with van der Waals surface area (Å²) in [6, 6.07) is 2.02. The molecule has 0 aliphatic carbocycles. The maximum atomic E-state index is 5.82. The molecule has 4 heterocycles. The zero-order chi connectivity index (χ0) is 15.8. The van der Waals surface area contributed by atoms with Gasteiger partial charge in [0.25, 0.3) is 0 Å². The lowest BCUT2D eigenvalue weighted by molar-refractivity contribution is 0.0863. The first kappa shape index (κ1) is 14.1. The number of nitrogens with one attached hydrogen (secondary N) is 2. The highest BCUT2D eigenvalue weighted by Crippen LogP contribution is 2.32. The number of aromatic amines is 1. The van der Waals surface area contributed by atoms with Crippen molar-refractivity contribution in [1.29, 1.82) is 0 Å². The van der Waals surface area contributed by atoms with Crippen LogP contribution in [0.2, 0.25) is 0 Å². The summed E-state index contributed by atoms with van der Waals surface area (Å²) in [6.07, 6.45) is 4.51. The fraction of sp³-hybridized carbons (Fsp3) is 0.467. The zero-order valence-corrected chi connectivity index (χ0v) is 13.2. The largest absolute Gasteiger partial charge is 0.370 e. The molecular weight excluding hydrogens is 294 g/mol. The van der Waals surface area contributed by atoms with Gasteiger partial charge in [-0.25, -0.2) is 14.5 Å². The van der Waals surface area contributed by atoms with Gasteiger partial charge in [-0.15, -0.1) is 0 Å². The minimum Gasteiger partial charge on any atom is -0.370 e. The van der Waals surface area contributed by atoms with Gasteiger partial charge in [-0.05, 0) is 26.3 Å². The van der Waals surface area contributed by atoms with Gasteiger partial charge < -0.3 is 10.1 Å². The first-order valence-corrected chi connectivity index (χ1v) is 7.76. The molecule has 120 valence electrons. The number of H-pyrrole nitrogens is 1. The van der Waals surface area contributed by atoms with Gasteiger partial charge in [-0.2, -0.15) is 10.2 Å².